The minimum Gasteiger partial charge on any atom is -0.496 e. The van der Waals surface area contributed by atoms with Crippen molar-refractivity contribution in [3.05, 3.63) is 89.2 Å². The Balaban J connectivity index is 1.45. The summed E-state index contributed by atoms with van der Waals surface area (Å²) in [5.74, 6) is 1.58. The summed E-state index contributed by atoms with van der Waals surface area (Å²) in [6.07, 6.45) is 0. The average molecular weight is 463 g/mol. The van der Waals surface area contributed by atoms with Crippen molar-refractivity contribution >= 4 is 11.6 Å². The van der Waals surface area contributed by atoms with Crippen LogP contribution in [0.2, 0.25) is 0 Å². The number of hydrogen-bond acceptors (Lipinski definition) is 4. The molecular formula is C28H31FN2O3. The van der Waals surface area contributed by atoms with E-state index in [9.17, 15) is 9.18 Å². The molecule has 0 radical (unpaired) electrons. The van der Waals surface area contributed by atoms with E-state index in [0.717, 1.165) is 16.9 Å². The maximum atomic E-state index is 14.1. The number of anilines is 1. The van der Waals surface area contributed by atoms with Crippen LogP contribution in [0, 0.1) is 5.82 Å². The minimum absolute atomic E-state index is 0.0420. The molecule has 0 spiro atoms. The lowest BCUT2D eigenvalue weighted by atomic mass is 10.0. The molecule has 1 heterocycles. The Bertz CT molecular complexity index is 1140. The Morgan fingerprint density at radius 1 is 0.941 bits per heavy atom. The van der Waals surface area contributed by atoms with Gasteiger partial charge in [-0.05, 0) is 47.9 Å². The van der Waals surface area contributed by atoms with Crippen molar-refractivity contribution < 1.29 is 18.7 Å². The highest BCUT2D eigenvalue weighted by Gasteiger charge is 2.24. The summed E-state index contributed by atoms with van der Waals surface area (Å²) in [7, 11) is 1.62. The Hall–Kier alpha value is -3.54. The molecule has 3 aromatic rings. The number of para-hydroxylation sites is 2. The van der Waals surface area contributed by atoms with Gasteiger partial charge in [-0.25, -0.2) is 4.39 Å². The number of ether oxygens (including phenoxy) is 2. The monoisotopic (exact) mass is 462 g/mol. The summed E-state index contributed by atoms with van der Waals surface area (Å²) in [6, 6.07) is 20.2. The predicted octanol–water partition coefficient (Wildman–Crippen LogP) is 5.50. The molecule has 0 bridgehead atoms. The van der Waals surface area contributed by atoms with Crippen LogP contribution in [0.3, 0.4) is 0 Å². The molecule has 3 aromatic carbocycles. The van der Waals surface area contributed by atoms with Gasteiger partial charge in [-0.1, -0.05) is 44.2 Å². The summed E-state index contributed by atoms with van der Waals surface area (Å²) in [5.41, 5.74) is 3.13. The fraction of sp³-hybridized carbons (Fsp3) is 0.321. The van der Waals surface area contributed by atoms with Gasteiger partial charge in [-0.2, -0.15) is 0 Å². The molecule has 1 saturated heterocycles. The van der Waals surface area contributed by atoms with E-state index in [1.807, 2.05) is 46.2 Å². The van der Waals surface area contributed by atoms with Gasteiger partial charge < -0.3 is 19.3 Å². The fourth-order valence-electron chi connectivity index (χ4n) is 4.31. The normalized spacial score (nSPS) is 13.8. The van der Waals surface area contributed by atoms with Crippen LogP contribution in [-0.2, 0) is 6.61 Å². The number of carbonyl (C=O) groups is 1. The zero-order valence-electron chi connectivity index (χ0n) is 20.0. The molecule has 0 saturated carbocycles. The first-order valence-electron chi connectivity index (χ1n) is 11.7. The molecule has 1 aliphatic rings. The van der Waals surface area contributed by atoms with Crippen LogP contribution in [0.25, 0.3) is 0 Å². The minimum atomic E-state index is -0.235. The van der Waals surface area contributed by atoms with E-state index in [2.05, 4.69) is 19.9 Å². The zero-order chi connectivity index (χ0) is 24.1. The second-order valence-electron chi connectivity index (χ2n) is 8.74. The number of halogens is 1. The summed E-state index contributed by atoms with van der Waals surface area (Å²) in [5, 5.41) is 0. The van der Waals surface area contributed by atoms with E-state index in [4.69, 9.17) is 9.47 Å². The highest BCUT2D eigenvalue weighted by molar-refractivity contribution is 5.94. The fourth-order valence-corrected chi connectivity index (χ4v) is 4.31. The quantitative estimate of drug-likeness (QED) is 0.465. The van der Waals surface area contributed by atoms with E-state index in [-0.39, 0.29) is 11.7 Å². The van der Waals surface area contributed by atoms with Crippen LogP contribution in [0.4, 0.5) is 10.1 Å². The largest absolute Gasteiger partial charge is 0.496 e. The first kappa shape index (κ1) is 23.6. The van der Waals surface area contributed by atoms with Gasteiger partial charge in [-0.15, -0.1) is 0 Å². The van der Waals surface area contributed by atoms with Crippen LogP contribution in [0.1, 0.15) is 41.3 Å². The number of amides is 1. The van der Waals surface area contributed by atoms with Crippen molar-refractivity contribution in [2.75, 3.05) is 38.2 Å². The summed E-state index contributed by atoms with van der Waals surface area (Å²) in [4.78, 5) is 17.0. The summed E-state index contributed by atoms with van der Waals surface area (Å²) in [6.45, 7) is 6.81. The number of piperazine rings is 1. The summed E-state index contributed by atoms with van der Waals surface area (Å²) < 4.78 is 25.8. The molecule has 1 amide bonds. The highest BCUT2D eigenvalue weighted by atomic mass is 19.1. The first-order valence-corrected chi connectivity index (χ1v) is 11.7. The highest BCUT2D eigenvalue weighted by Crippen LogP contribution is 2.29. The maximum Gasteiger partial charge on any atom is 0.253 e. The van der Waals surface area contributed by atoms with Gasteiger partial charge in [-0.3, -0.25) is 4.79 Å². The first-order chi connectivity index (χ1) is 16.5. The third kappa shape index (κ3) is 5.16. The van der Waals surface area contributed by atoms with Gasteiger partial charge in [0.2, 0.25) is 0 Å². The van der Waals surface area contributed by atoms with Crippen LogP contribution >= 0.6 is 0 Å². The molecule has 6 heteroatoms. The maximum absolute atomic E-state index is 14.1. The lowest BCUT2D eigenvalue weighted by Crippen LogP contribution is -2.49. The molecule has 34 heavy (non-hydrogen) atoms. The van der Waals surface area contributed by atoms with Gasteiger partial charge in [0.1, 0.15) is 23.9 Å². The van der Waals surface area contributed by atoms with Crippen molar-refractivity contribution in [2.45, 2.75) is 26.4 Å². The molecule has 178 valence electrons. The lowest BCUT2D eigenvalue weighted by molar-refractivity contribution is 0.0746. The predicted molar refractivity (Wildman–Crippen MR) is 132 cm³/mol. The molecule has 0 N–H and O–H groups in total. The number of hydrogen-bond donors (Lipinski definition) is 0. The lowest BCUT2D eigenvalue weighted by Gasteiger charge is -2.36. The van der Waals surface area contributed by atoms with E-state index in [1.165, 1.54) is 6.07 Å². The van der Waals surface area contributed by atoms with Crippen molar-refractivity contribution in [2.24, 2.45) is 0 Å². The number of carbonyl (C=O) groups excluding carboxylic acids is 1. The van der Waals surface area contributed by atoms with E-state index in [0.29, 0.717) is 55.7 Å². The Labute approximate surface area is 200 Å². The summed E-state index contributed by atoms with van der Waals surface area (Å²) >= 11 is 0. The number of methoxy groups -OCH3 is 1. The SMILES string of the molecule is COc1ccc(C(=O)N2CCN(c3ccccc3F)CC2)cc1COc1ccccc1C(C)C. The zero-order valence-corrected chi connectivity index (χ0v) is 20.0. The molecular weight excluding hydrogens is 431 g/mol. The molecule has 4 rings (SSSR count). The number of nitrogens with zero attached hydrogens (tertiary/aromatic N) is 2. The molecule has 0 aliphatic carbocycles. The Kier molecular flexibility index (Phi) is 7.36. The van der Waals surface area contributed by atoms with Crippen LogP contribution < -0.4 is 14.4 Å². The van der Waals surface area contributed by atoms with Gasteiger partial charge in [0.15, 0.2) is 0 Å². The van der Waals surface area contributed by atoms with E-state index < -0.39 is 0 Å². The third-order valence-electron chi connectivity index (χ3n) is 6.21. The van der Waals surface area contributed by atoms with Gasteiger partial charge >= 0.3 is 0 Å². The number of benzene rings is 3. The third-order valence-corrected chi connectivity index (χ3v) is 6.21. The molecule has 0 atom stereocenters. The molecule has 1 aliphatic heterocycles. The molecule has 0 aromatic heterocycles. The second kappa shape index (κ2) is 10.6. The smallest absolute Gasteiger partial charge is 0.253 e. The standard InChI is InChI=1S/C28H31FN2O3/c1-20(2)23-8-4-7-11-27(23)34-19-22-18-21(12-13-26(22)33-3)28(32)31-16-14-30(15-17-31)25-10-6-5-9-24(25)29/h4-13,18,20H,14-17,19H2,1-3H3. The van der Waals surface area contributed by atoms with E-state index >= 15 is 0 Å². The van der Waals surface area contributed by atoms with Crippen LogP contribution in [0.15, 0.2) is 66.7 Å². The molecule has 5 nitrogen and oxygen atoms in total. The molecule has 1 fully saturated rings. The van der Waals surface area contributed by atoms with Gasteiger partial charge in [0.05, 0.1) is 12.8 Å². The van der Waals surface area contributed by atoms with Crippen molar-refractivity contribution in [3.8, 4) is 11.5 Å². The second-order valence-corrected chi connectivity index (χ2v) is 8.74. The van der Waals surface area contributed by atoms with Gasteiger partial charge in [0.25, 0.3) is 5.91 Å². The van der Waals surface area contributed by atoms with Crippen LogP contribution in [0.5, 0.6) is 11.5 Å². The van der Waals surface area contributed by atoms with Crippen molar-refractivity contribution in [3.63, 3.8) is 0 Å². The van der Waals surface area contributed by atoms with Crippen molar-refractivity contribution in [1.29, 1.82) is 0 Å². The van der Waals surface area contributed by atoms with E-state index in [1.54, 1.807) is 25.3 Å². The van der Waals surface area contributed by atoms with Crippen LogP contribution in [-0.4, -0.2) is 44.1 Å². The Morgan fingerprint density at radius 2 is 1.65 bits per heavy atom. The average Bonchev–Trinajstić information content (AvgIpc) is 2.87. The number of rotatable bonds is 7. The van der Waals surface area contributed by atoms with Crippen molar-refractivity contribution in [1.82, 2.24) is 4.90 Å². The molecule has 0 unspecified atom stereocenters. The Morgan fingerprint density at radius 3 is 2.35 bits per heavy atom. The topological polar surface area (TPSA) is 42.0 Å². The van der Waals surface area contributed by atoms with Gasteiger partial charge in [0, 0.05) is 37.3 Å².